The molecule has 114 valence electrons. The van der Waals surface area contributed by atoms with Gasteiger partial charge in [0.15, 0.2) is 0 Å². The van der Waals surface area contributed by atoms with E-state index in [9.17, 15) is 5.26 Å². The fraction of sp³-hybridized carbons (Fsp3) is 0.444. The van der Waals surface area contributed by atoms with Gasteiger partial charge in [0.05, 0.1) is 16.8 Å². The van der Waals surface area contributed by atoms with Gasteiger partial charge in [-0.05, 0) is 32.4 Å². The van der Waals surface area contributed by atoms with E-state index in [0.29, 0.717) is 11.6 Å². The second-order valence-electron chi connectivity index (χ2n) is 5.98. The number of rotatable bonds is 4. The lowest BCUT2D eigenvalue weighted by molar-refractivity contribution is 0.167. The number of anilines is 1. The van der Waals surface area contributed by atoms with Crippen LogP contribution in [0.4, 0.5) is 5.69 Å². The Morgan fingerprint density at radius 1 is 1.36 bits per heavy atom. The number of para-hydroxylation sites is 1. The number of pyridine rings is 1. The monoisotopic (exact) mass is 294 g/mol. The van der Waals surface area contributed by atoms with Crippen LogP contribution in [0.15, 0.2) is 30.5 Å². The van der Waals surface area contributed by atoms with Crippen molar-refractivity contribution < 1.29 is 0 Å². The van der Waals surface area contributed by atoms with Crippen LogP contribution in [-0.4, -0.2) is 35.6 Å². The first-order chi connectivity index (χ1) is 10.8. The lowest BCUT2D eigenvalue weighted by Gasteiger charge is -2.33. The summed E-state index contributed by atoms with van der Waals surface area (Å²) in [7, 11) is 0. The van der Waals surface area contributed by atoms with Crippen molar-refractivity contribution in [1.29, 1.82) is 5.26 Å². The fourth-order valence-electron chi connectivity index (χ4n) is 3.23. The molecule has 0 saturated carbocycles. The molecule has 1 aromatic carbocycles. The largest absolute Gasteiger partial charge is 0.382 e. The number of benzene rings is 1. The van der Waals surface area contributed by atoms with Gasteiger partial charge in [0.25, 0.3) is 0 Å². The van der Waals surface area contributed by atoms with Crippen LogP contribution in [0.1, 0.15) is 31.7 Å². The second kappa shape index (κ2) is 6.76. The lowest BCUT2D eigenvalue weighted by Crippen LogP contribution is -2.40. The molecule has 1 saturated heterocycles. The summed E-state index contributed by atoms with van der Waals surface area (Å²) in [5.41, 5.74) is 2.46. The predicted octanol–water partition coefficient (Wildman–Crippen LogP) is 3.39. The number of nitrogens with one attached hydrogen (secondary N) is 1. The summed E-state index contributed by atoms with van der Waals surface area (Å²) in [5, 5.41) is 13.8. The van der Waals surface area contributed by atoms with Crippen LogP contribution in [0.5, 0.6) is 0 Å². The number of nitrogens with zero attached hydrogens (tertiary/aromatic N) is 3. The standard InChI is InChI=1S/C18H22N4/c1-14-6-4-5-10-22(14)11-9-20-18-15(12-19)13-21-17-8-3-2-7-16(17)18/h2-3,7-8,13-14H,4-6,9-11H2,1H3,(H,20,21). The van der Waals surface area contributed by atoms with E-state index >= 15 is 0 Å². The second-order valence-corrected chi connectivity index (χ2v) is 5.98. The van der Waals surface area contributed by atoms with Gasteiger partial charge in [-0.3, -0.25) is 9.88 Å². The van der Waals surface area contributed by atoms with Crippen molar-refractivity contribution in [3.8, 4) is 6.07 Å². The molecule has 1 N–H and O–H groups in total. The van der Waals surface area contributed by atoms with Gasteiger partial charge in [0.1, 0.15) is 6.07 Å². The van der Waals surface area contributed by atoms with E-state index in [2.05, 4.69) is 28.2 Å². The molecule has 2 aromatic rings. The van der Waals surface area contributed by atoms with Crippen LogP contribution >= 0.6 is 0 Å². The Bertz CT molecular complexity index is 689. The van der Waals surface area contributed by atoms with Gasteiger partial charge in [0.2, 0.25) is 0 Å². The minimum absolute atomic E-state index is 0.616. The predicted molar refractivity (Wildman–Crippen MR) is 89.8 cm³/mol. The van der Waals surface area contributed by atoms with Gasteiger partial charge >= 0.3 is 0 Å². The molecule has 0 bridgehead atoms. The number of piperidine rings is 1. The highest BCUT2D eigenvalue weighted by Gasteiger charge is 2.17. The first kappa shape index (κ1) is 14.8. The van der Waals surface area contributed by atoms with Gasteiger partial charge in [-0.2, -0.15) is 5.26 Å². The topological polar surface area (TPSA) is 52.0 Å². The minimum atomic E-state index is 0.616. The number of aromatic nitrogens is 1. The van der Waals surface area contributed by atoms with Gasteiger partial charge in [-0.1, -0.05) is 24.6 Å². The van der Waals surface area contributed by atoms with Crippen LogP contribution in [0, 0.1) is 11.3 Å². The van der Waals surface area contributed by atoms with Crippen molar-refractivity contribution >= 4 is 16.6 Å². The molecule has 1 atom stereocenters. The summed E-state index contributed by atoms with van der Waals surface area (Å²) in [6.07, 6.45) is 5.60. The third-order valence-electron chi connectivity index (χ3n) is 4.54. The van der Waals surface area contributed by atoms with E-state index in [-0.39, 0.29) is 0 Å². The molecule has 0 spiro atoms. The van der Waals surface area contributed by atoms with Crippen molar-refractivity contribution in [3.63, 3.8) is 0 Å². The molecule has 1 aromatic heterocycles. The van der Waals surface area contributed by atoms with Gasteiger partial charge in [0, 0.05) is 30.7 Å². The zero-order valence-corrected chi connectivity index (χ0v) is 13.0. The summed E-state index contributed by atoms with van der Waals surface area (Å²) in [6, 6.07) is 10.9. The molecular weight excluding hydrogens is 272 g/mol. The van der Waals surface area contributed by atoms with E-state index in [1.807, 2.05) is 24.3 Å². The molecule has 4 heteroatoms. The summed E-state index contributed by atoms with van der Waals surface area (Å²) in [6.45, 7) is 5.36. The Morgan fingerprint density at radius 3 is 3.05 bits per heavy atom. The molecular formula is C18H22N4. The van der Waals surface area contributed by atoms with E-state index < -0.39 is 0 Å². The van der Waals surface area contributed by atoms with E-state index in [0.717, 1.165) is 29.7 Å². The molecule has 0 radical (unpaired) electrons. The zero-order valence-electron chi connectivity index (χ0n) is 13.0. The van der Waals surface area contributed by atoms with Crippen molar-refractivity contribution in [1.82, 2.24) is 9.88 Å². The van der Waals surface area contributed by atoms with Crippen molar-refractivity contribution in [2.24, 2.45) is 0 Å². The summed E-state index contributed by atoms with van der Waals surface area (Å²) < 4.78 is 0. The Morgan fingerprint density at radius 2 is 2.23 bits per heavy atom. The zero-order chi connectivity index (χ0) is 15.4. The quantitative estimate of drug-likeness (QED) is 0.939. The fourth-order valence-corrected chi connectivity index (χ4v) is 3.23. The molecule has 3 rings (SSSR count). The number of nitriles is 1. The number of fused-ring (bicyclic) bond motifs is 1. The van der Waals surface area contributed by atoms with Crippen molar-refractivity contribution in [2.75, 3.05) is 25.0 Å². The Labute approximate surface area is 131 Å². The number of hydrogen-bond donors (Lipinski definition) is 1. The van der Waals surface area contributed by atoms with Crippen LogP contribution < -0.4 is 5.32 Å². The molecule has 0 aliphatic carbocycles. The average Bonchev–Trinajstić information content (AvgIpc) is 2.56. The Hall–Kier alpha value is -2.12. The molecule has 1 aliphatic heterocycles. The molecule has 1 fully saturated rings. The molecule has 1 aliphatic rings. The maximum absolute atomic E-state index is 9.33. The molecule has 4 nitrogen and oxygen atoms in total. The minimum Gasteiger partial charge on any atom is -0.382 e. The molecule has 2 heterocycles. The van der Waals surface area contributed by atoms with Gasteiger partial charge < -0.3 is 5.32 Å². The third kappa shape index (κ3) is 3.05. The van der Waals surface area contributed by atoms with Crippen LogP contribution in [0.25, 0.3) is 10.9 Å². The average molecular weight is 294 g/mol. The SMILES string of the molecule is CC1CCCCN1CCNc1c(C#N)cnc2ccccc12. The Balaban J connectivity index is 1.74. The van der Waals surface area contributed by atoms with Crippen LogP contribution in [0.2, 0.25) is 0 Å². The highest BCUT2D eigenvalue weighted by atomic mass is 15.2. The van der Waals surface area contributed by atoms with Crippen molar-refractivity contribution in [2.45, 2.75) is 32.2 Å². The normalized spacial score (nSPS) is 19.0. The summed E-state index contributed by atoms with van der Waals surface area (Å²) >= 11 is 0. The van der Waals surface area contributed by atoms with E-state index in [1.165, 1.54) is 25.8 Å². The number of hydrogen-bond acceptors (Lipinski definition) is 4. The summed E-state index contributed by atoms with van der Waals surface area (Å²) in [4.78, 5) is 6.88. The van der Waals surface area contributed by atoms with E-state index in [1.54, 1.807) is 6.20 Å². The third-order valence-corrected chi connectivity index (χ3v) is 4.54. The van der Waals surface area contributed by atoms with Crippen LogP contribution in [-0.2, 0) is 0 Å². The molecule has 1 unspecified atom stereocenters. The molecule has 22 heavy (non-hydrogen) atoms. The molecule has 0 amide bonds. The number of likely N-dealkylation sites (tertiary alicyclic amines) is 1. The first-order valence-electron chi connectivity index (χ1n) is 8.05. The maximum Gasteiger partial charge on any atom is 0.103 e. The van der Waals surface area contributed by atoms with Crippen LogP contribution in [0.3, 0.4) is 0 Å². The highest BCUT2D eigenvalue weighted by molar-refractivity contribution is 5.93. The highest BCUT2D eigenvalue weighted by Crippen LogP contribution is 2.25. The Kier molecular flexibility index (Phi) is 4.55. The van der Waals surface area contributed by atoms with Gasteiger partial charge in [-0.25, -0.2) is 0 Å². The van der Waals surface area contributed by atoms with E-state index in [4.69, 9.17) is 0 Å². The maximum atomic E-state index is 9.33. The summed E-state index contributed by atoms with van der Waals surface area (Å²) in [5.74, 6) is 0. The van der Waals surface area contributed by atoms with Gasteiger partial charge in [-0.15, -0.1) is 0 Å². The lowest BCUT2D eigenvalue weighted by atomic mass is 10.0. The first-order valence-corrected chi connectivity index (χ1v) is 8.05. The van der Waals surface area contributed by atoms with Crippen molar-refractivity contribution in [3.05, 3.63) is 36.0 Å². The smallest absolute Gasteiger partial charge is 0.103 e.